The van der Waals surface area contributed by atoms with Gasteiger partial charge < -0.3 is 9.84 Å². The summed E-state index contributed by atoms with van der Waals surface area (Å²) in [5.41, 5.74) is 0. The molecule has 7 heteroatoms. The first kappa shape index (κ1) is 13.5. The van der Waals surface area contributed by atoms with E-state index in [2.05, 4.69) is 15.5 Å². The van der Waals surface area contributed by atoms with Gasteiger partial charge in [-0.1, -0.05) is 5.16 Å². The second kappa shape index (κ2) is 5.79. The van der Waals surface area contributed by atoms with Crippen LogP contribution < -0.4 is 5.32 Å². The average Bonchev–Trinajstić information content (AvgIpc) is 2.77. The van der Waals surface area contributed by atoms with Crippen molar-refractivity contribution in [2.24, 2.45) is 0 Å². The third-order valence-corrected chi connectivity index (χ3v) is 4.95. The molecule has 1 unspecified atom stereocenters. The van der Waals surface area contributed by atoms with Crippen LogP contribution in [0.5, 0.6) is 0 Å². The number of aromatic nitrogens is 2. The highest BCUT2D eigenvalue weighted by molar-refractivity contribution is 7.91. The highest BCUT2D eigenvalue weighted by atomic mass is 32.2. The Hall–Kier alpha value is -0.950. The van der Waals surface area contributed by atoms with Gasteiger partial charge >= 0.3 is 0 Å². The molecule has 0 saturated carbocycles. The van der Waals surface area contributed by atoms with E-state index in [4.69, 9.17) is 4.52 Å². The van der Waals surface area contributed by atoms with Gasteiger partial charge in [0.05, 0.1) is 11.5 Å². The minimum Gasteiger partial charge on any atom is -0.339 e. The Balaban J connectivity index is 1.97. The fourth-order valence-corrected chi connectivity index (χ4v) is 3.88. The van der Waals surface area contributed by atoms with E-state index >= 15 is 0 Å². The van der Waals surface area contributed by atoms with Crippen molar-refractivity contribution in [1.29, 1.82) is 0 Å². The maximum absolute atomic E-state index is 11.6. The van der Waals surface area contributed by atoms with Gasteiger partial charge in [0.25, 0.3) is 0 Å². The van der Waals surface area contributed by atoms with Crippen LogP contribution in [-0.2, 0) is 16.3 Å². The van der Waals surface area contributed by atoms with Crippen molar-refractivity contribution in [2.75, 3.05) is 25.1 Å². The highest BCUT2D eigenvalue weighted by Gasteiger charge is 2.29. The average molecular weight is 273 g/mol. The number of nitrogens with one attached hydrogen (secondary N) is 1. The van der Waals surface area contributed by atoms with Crippen molar-refractivity contribution in [2.45, 2.75) is 31.6 Å². The van der Waals surface area contributed by atoms with E-state index in [0.717, 1.165) is 25.8 Å². The lowest BCUT2D eigenvalue weighted by Gasteiger charge is -2.18. The number of hydrogen-bond donors (Lipinski definition) is 1. The summed E-state index contributed by atoms with van der Waals surface area (Å²) in [6.45, 7) is 0.898. The molecule has 1 N–H and O–H groups in total. The molecule has 0 bridgehead atoms. The molecule has 0 spiro atoms. The van der Waals surface area contributed by atoms with Crippen LogP contribution in [0.3, 0.4) is 0 Å². The smallest absolute Gasteiger partial charge is 0.226 e. The van der Waals surface area contributed by atoms with Crippen molar-refractivity contribution in [3.63, 3.8) is 0 Å². The summed E-state index contributed by atoms with van der Waals surface area (Å²) in [6, 6.07) is 0. The molecule has 18 heavy (non-hydrogen) atoms. The zero-order valence-electron chi connectivity index (χ0n) is 10.6. The van der Waals surface area contributed by atoms with Crippen LogP contribution in [0.25, 0.3) is 0 Å². The summed E-state index contributed by atoms with van der Waals surface area (Å²) in [5, 5.41) is 6.96. The van der Waals surface area contributed by atoms with E-state index in [1.807, 2.05) is 7.05 Å². The molecule has 6 nitrogen and oxygen atoms in total. The van der Waals surface area contributed by atoms with Crippen molar-refractivity contribution < 1.29 is 12.9 Å². The van der Waals surface area contributed by atoms with Gasteiger partial charge in [-0.05, 0) is 32.9 Å². The Morgan fingerprint density at radius 3 is 3.06 bits per heavy atom. The lowest BCUT2D eigenvalue weighted by Crippen LogP contribution is -2.24. The molecular weight excluding hydrogens is 254 g/mol. The van der Waals surface area contributed by atoms with Crippen LogP contribution in [0.2, 0.25) is 0 Å². The zero-order valence-corrected chi connectivity index (χ0v) is 11.4. The summed E-state index contributed by atoms with van der Waals surface area (Å²) in [5.74, 6) is 1.50. The minimum absolute atomic E-state index is 0.0921. The van der Waals surface area contributed by atoms with E-state index < -0.39 is 9.84 Å². The molecule has 0 amide bonds. The van der Waals surface area contributed by atoms with Crippen molar-refractivity contribution in [3.05, 3.63) is 11.7 Å². The SMILES string of the molecule is CNCCCc1nc(C2CCCS(=O)(=O)C2)no1. The molecule has 2 rings (SSSR count). The van der Waals surface area contributed by atoms with Crippen molar-refractivity contribution in [1.82, 2.24) is 15.5 Å². The number of rotatable bonds is 5. The summed E-state index contributed by atoms with van der Waals surface area (Å²) in [7, 11) is -1.03. The standard InChI is InChI=1S/C11H19N3O3S/c1-12-6-2-5-10-13-11(14-17-10)9-4-3-7-18(15,16)8-9/h9,12H,2-8H2,1H3. The lowest BCUT2D eigenvalue weighted by molar-refractivity contribution is 0.366. The van der Waals surface area contributed by atoms with Gasteiger partial charge in [0, 0.05) is 12.3 Å². The molecule has 1 fully saturated rings. The first-order chi connectivity index (χ1) is 8.61. The topological polar surface area (TPSA) is 85.1 Å². The highest BCUT2D eigenvalue weighted by Crippen LogP contribution is 2.26. The fourth-order valence-electron chi connectivity index (χ4n) is 2.18. The fraction of sp³-hybridized carbons (Fsp3) is 0.818. The third-order valence-electron chi connectivity index (χ3n) is 3.13. The van der Waals surface area contributed by atoms with Crippen molar-refractivity contribution >= 4 is 9.84 Å². The predicted octanol–water partition coefficient (Wildman–Crippen LogP) is 0.514. The molecule has 2 heterocycles. The van der Waals surface area contributed by atoms with E-state index in [1.165, 1.54) is 0 Å². The monoisotopic (exact) mass is 273 g/mol. The number of sulfone groups is 1. The molecule has 1 atom stereocenters. The summed E-state index contributed by atoms with van der Waals surface area (Å²) < 4.78 is 28.3. The summed E-state index contributed by atoms with van der Waals surface area (Å²) >= 11 is 0. The van der Waals surface area contributed by atoms with Gasteiger partial charge in [0.1, 0.15) is 0 Å². The Bertz CT molecular complexity index is 483. The van der Waals surface area contributed by atoms with Crippen LogP contribution in [0.15, 0.2) is 4.52 Å². The predicted molar refractivity (Wildman–Crippen MR) is 67.2 cm³/mol. The van der Waals surface area contributed by atoms with E-state index in [-0.39, 0.29) is 17.4 Å². The molecule has 1 aliphatic heterocycles. The first-order valence-corrected chi connectivity index (χ1v) is 8.10. The molecule has 0 radical (unpaired) electrons. The van der Waals surface area contributed by atoms with Gasteiger partial charge in [-0.25, -0.2) is 8.42 Å². The van der Waals surface area contributed by atoms with Gasteiger partial charge in [-0.3, -0.25) is 0 Å². The third kappa shape index (κ3) is 3.52. The van der Waals surface area contributed by atoms with Gasteiger partial charge in [0.15, 0.2) is 15.7 Å². The van der Waals surface area contributed by atoms with Crippen LogP contribution in [0, 0.1) is 0 Å². The first-order valence-electron chi connectivity index (χ1n) is 6.28. The zero-order chi connectivity index (χ0) is 13.0. The van der Waals surface area contributed by atoms with Gasteiger partial charge in [-0.15, -0.1) is 0 Å². The Labute approximate surface area is 107 Å². The number of aryl methyl sites for hydroxylation is 1. The summed E-state index contributed by atoms with van der Waals surface area (Å²) in [6.07, 6.45) is 3.18. The molecule has 1 aromatic heterocycles. The largest absolute Gasteiger partial charge is 0.339 e. The molecule has 0 aromatic carbocycles. The van der Waals surface area contributed by atoms with E-state index in [9.17, 15) is 8.42 Å². The Morgan fingerprint density at radius 2 is 2.33 bits per heavy atom. The molecule has 1 aromatic rings. The van der Waals surface area contributed by atoms with Crippen molar-refractivity contribution in [3.8, 4) is 0 Å². The van der Waals surface area contributed by atoms with Crippen LogP contribution in [-0.4, -0.2) is 43.7 Å². The van der Waals surface area contributed by atoms with Gasteiger partial charge in [-0.2, -0.15) is 4.98 Å². The second-order valence-corrected chi connectivity index (χ2v) is 6.94. The van der Waals surface area contributed by atoms with E-state index in [1.54, 1.807) is 0 Å². The molecule has 1 aliphatic rings. The molecular formula is C11H19N3O3S. The van der Waals surface area contributed by atoms with Gasteiger partial charge in [0.2, 0.25) is 5.89 Å². The number of hydrogen-bond acceptors (Lipinski definition) is 6. The Morgan fingerprint density at radius 1 is 1.50 bits per heavy atom. The normalized spacial score (nSPS) is 23.1. The van der Waals surface area contributed by atoms with E-state index in [0.29, 0.717) is 18.1 Å². The quantitative estimate of drug-likeness (QED) is 0.787. The molecule has 1 saturated heterocycles. The summed E-state index contributed by atoms with van der Waals surface area (Å²) in [4.78, 5) is 4.30. The van der Waals surface area contributed by atoms with Crippen LogP contribution >= 0.6 is 0 Å². The lowest BCUT2D eigenvalue weighted by atomic mass is 10.1. The maximum Gasteiger partial charge on any atom is 0.226 e. The van der Waals surface area contributed by atoms with Crippen LogP contribution in [0.1, 0.15) is 36.9 Å². The second-order valence-electron chi connectivity index (χ2n) is 4.71. The maximum atomic E-state index is 11.6. The molecule has 102 valence electrons. The minimum atomic E-state index is -2.92. The molecule has 0 aliphatic carbocycles. The Kier molecular flexibility index (Phi) is 4.34. The van der Waals surface area contributed by atoms with Crippen LogP contribution in [0.4, 0.5) is 0 Å². The number of nitrogens with zero attached hydrogens (tertiary/aromatic N) is 2.